The molecule has 3 rings (SSSR count). The number of carbonyl (C=O) groups is 1. The highest BCUT2D eigenvalue weighted by Gasteiger charge is 2.16. The van der Waals surface area contributed by atoms with E-state index in [0.717, 1.165) is 17.5 Å². The Kier molecular flexibility index (Phi) is 4.84. The topological polar surface area (TPSA) is 71.2 Å². The fourth-order valence-corrected chi connectivity index (χ4v) is 2.56. The third-order valence-electron chi connectivity index (χ3n) is 4.02. The number of anilines is 1. The van der Waals surface area contributed by atoms with Gasteiger partial charge in [-0.1, -0.05) is 31.2 Å². The van der Waals surface area contributed by atoms with Crippen LogP contribution < -0.4 is 15.6 Å². The Morgan fingerprint density at radius 1 is 1.12 bits per heavy atom. The number of ether oxygens (including phenoxy) is 1. The molecule has 1 aromatic heterocycles. The predicted molar refractivity (Wildman–Crippen MR) is 99.1 cm³/mol. The molecule has 0 radical (unpaired) electrons. The number of H-pyrrole nitrogens is 1. The zero-order chi connectivity index (χ0) is 17.8. The molecule has 1 atom stereocenters. The first-order valence-electron chi connectivity index (χ1n) is 8.25. The molecule has 0 spiro atoms. The molecule has 3 aromatic rings. The summed E-state index contributed by atoms with van der Waals surface area (Å²) in [6.07, 6.45) is 0.243. The van der Waals surface area contributed by atoms with E-state index in [4.69, 9.17) is 4.74 Å². The number of aromatic nitrogens is 1. The van der Waals surface area contributed by atoms with Gasteiger partial charge in [-0.3, -0.25) is 9.59 Å². The number of nitrogens with one attached hydrogen (secondary N) is 2. The molecule has 25 heavy (non-hydrogen) atoms. The molecule has 0 saturated heterocycles. The second-order valence-electron chi connectivity index (χ2n) is 5.84. The number of aryl methyl sites for hydroxylation is 1. The molecule has 128 valence electrons. The number of pyridine rings is 1. The van der Waals surface area contributed by atoms with Gasteiger partial charge < -0.3 is 15.0 Å². The Morgan fingerprint density at radius 3 is 2.60 bits per heavy atom. The average molecular weight is 336 g/mol. The molecular formula is C20H20N2O3. The van der Waals surface area contributed by atoms with Gasteiger partial charge in [-0.05, 0) is 43.2 Å². The minimum Gasteiger partial charge on any atom is -0.479 e. The number of carbonyl (C=O) groups excluding carboxylic acids is 1. The van der Waals surface area contributed by atoms with Gasteiger partial charge >= 0.3 is 0 Å². The van der Waals surface area contributed by atoms with Crippen LogP contribution in [0.25, 0.3) is 10.9 Å². The van der Waals surface area contributed by atoms with Gasteiger partial charge in [0.1, 0.15) is 5.75 Å². The molecule has 0 saturated carbocycles. The van der Waals surface area contributed by atoms with Crippen LogP contribution in [0.2, 0.25) is 0 Å². The Labute approximate surface area is 145 Å². The van der Waals surface area contributed by atoms with E-state index in [2.05, 4.69) is 17.2 Å². The normalized spacial score (nSPS) is 11.9. The molecule has 0 fully saturated rings. The molecular weight excluding hydrogens is 316 g/mol. The average Bonchev–Trinajstić information content (AvgIpc) is 2.62. The highest BCUT2D eigenvalue weighted by molar-refractivity contribution is 5.94. The molecule has 5 nitrogen and oxygen atoms in total. The Bertz CT molecular complexity index is 945. The second-order valence-corrected chi connectivity index (χ2v) is 5.84. The zero-order valence-electron chi connectivity index (χ0n) is 14.2. The van der Waals surface area contributed by atoms with Crippen LogP contribution in [-0.4, -0.2) is 17.0 Å². The molecule has 1 unspecified atom stereocenters. The van der Waals surface area contributed by atoms with Crippen molar-refractivity contribution in [2.24, 2.45) is 0 Å². The summed E-state index contributed by atoms with van der Waals surface area (Å²) in [6.45, 7) is 3.76. The van der Waals surface area contributed by atoms with Gasteiger partial charge in [0.15, 0.2) is 6.10 Å². The van der Waals surface area contributed by atoms with Crippen LogP contribution in [0.4, 0.5) is 5.69 Å². The third-order valence-corrected chi connectivity index (χ3v) is 4.02. The standard InChI is InChI=1S/C20H20N2O3/c1-3-14-7-10-16(11-8-14)21-20(24)13(2)25-17-6-4-5-15-9-12-18(23)22-19(15)17/h4-13H,3H2,1-2H3,(H,21,24)(H,22,23). The van der Waals surface area contributed by atoms with Crippen LogP contribution in [0.15, 0.2) is 59.4 Å². The molecule has 5 heteroatoms. The molecule has 2 aromatic carbocycles. The van der Waals surface area contributed by atoms with Crippen molar-refractivity contribution in [1.29, 1.82) is 0 Å². The number of para-hydroxylation sites is 1. The first-order chi connectivity index (χ1) is 12.1. The minimum absolute atomic E-state index is 0.211. The molecule has 0 aliphatic heterocycles. The minimum atomic E-state index is -0.708. The number of fused-ring (bicyclic) bond motifs is 1. The summed E-state index contributed by atoms with van der Waals surface area (Å²) >= 11 is 0. The molecule has 0 bridgehead atoms. The molecule has 2 N–H and O–H groups in total. The lowest BCUT2D eigenvalue weighted by Crippen LogP contribution is -2.30. The van der Waals surface area contributed by atoms with Gasteiger partial charge in [-0.15, -0.1) is 0 Å². The van der Waals surface area contributed by atoms with E-state index in [1.165, 1.54) is 11.6 Å². The van der Waals surface area contributed by atoms with E-state index >= 15 is 0 Å². The number of amides is 1. The lowest BCUT2D eigenvalue weighted by atomic mass is 10.1. The number of rotatable bonds is 5. The van der Waals surface area contributed by atoms with Gasteiger partial charge in [0.05, 0.1) is 5.52 Å². The predicted octanol–water partition coefficient (Wildman–Crippen LogP) is 3.50. The first-order valence-corrected chi connectivity index (χ1v) is 8.25. The van der Waals surface area contributed by atoms with E-state index in [1.807, 2.05) is 36.4 Å². The van der Waals surface area contributed by atoms with Crippen LogP contribution in [0, 0.1) is 0 Å². The van der Waals surface area contributed by atoms with Crippen molar-refractivity contribution in [3.05, 3.63) is 70.5 Å². The van der Waals surface area contributed by atoms with Gasteiger partial charge in [-0.25, -0.2) is 0 Å². The van der Waals surface area contributed by atoms with Crippen molar-refractivity contribution < 1.29 is 9.53 Å². The molecule has 1 heterocycles. The summed E-state index contributed by atoms with van der Waals surface area (Å²) in [5.41, 5.74) is 2.31. The van der Waals surface area contributed by atoms with Crippen LogP contribution in [0.5, 0.6) is 5.75 Å². The number of benzene rings is 2. The smallest absolute Gasteiger partial charge is 0.265 e. The van der Waals surface area contributed by atoms with Crippen LogP contribution in [0.3, 0.4) is 0 Å². The van der Waals surface area contributed by atoms with Crippen molar-refractivity contribution in [2.45, 2.75) is 26.4 Å². The maximum Gasteiger partial charge on any atom is 0.265 e. The van der Waals surface area contributed by atoms with Gasteiger partial charge in [0.25, 0.3) is 5.91 Å². The lowest BCUT2D eigenvalue weighted by molar-refractivity contribution is -0.122. The monoisotopic (exact) mass is 336 g/mol. The molecule has 1 amide bonds. The van der Waals surface area contributed by atoms with Crippen molar-refractivity contribution in [2.75, 3.05) is 5.32 Å². The van der Waals surface area contributed by atoms with E-state index < -0.39 is 6.10 Å². The fraction of sp³-hybridized carbons (Fsp3) is 0.200. The maximum atomic E-state index is 12.4. The van der Waals surface area contributed by atoms with Crippen molar-refractivity contribution in [1.82, 2.24) is 4.98 Å². The maximum absolute atomic E-state index is 12.4. The number of aromatic amines is 1. The summed E-state index contributed by atoms with van der Waals surface area (Å²) in [4.78, 5) is 26.7. The third kappa shape index (κ3) is 3.88. The first kappa shape index (κ1) is 16.8. The van der Waals surface area contributed by atoms with Crippen LogP contribution in [-0.2, 0) is 11.2 Å². The van der Waals surface area contributed by atoms with E-state index in [1.54, 1.807) is 19.1 Å². The van der Waals surface area contributed by atoms with Crippen LogP contribution in [0.1, 0.15) is 19.4 Å². The fourth-order valence-electron chi connectivity index (χ4n) is 2.56. The molecule has 0 aliphatic rings. The van der Waals surface area contributed by atoms with Crippen molar-refractivity contribution >= 4 is 22.5 Å². The summed E-state index contributed by atoms with van der Waals surface area (Å²) in [5.74, 6) is 0.221. The van der Waals surface area contributed by atoms with Gasteiger partial charge in [0.2, 0.25) is 5.56 Å². The van der Waals surface area contributed by atoms with E-state index in [0.29, 0.717) is 11.3 Å². The Morgan fingerprint density at radius 2 is 1.88 bits per heavy atom. The Hall–Kier alpha value is -3.08. The summed E-state index contributed by atoms with van der Waals surface area (Å²) in [5, 5.41) is 3.68. The highest BCUT2D eigenvalue weighted by Crippen LogP contribution is 2.23. The second kappa shape index (κ2) is 7.21. The Balaban J connectivity index is 1.75. The van der Waals surface area contributed by atoms with Gasteiger partial charge in [0, 0.05) is 17.1 Å². The van der Waals surface area contributed by atoms with Crippen LogP contribution >= 0.6 is 0 Å². The SMILES string of the molecule is CCc1ccc(NC(=O)C(C)Oc2cccc3ccc(=O)[nH]c23)cc1. The largest absolute Gasteiger partial charge is 0.479 e. The quantitative estimate of drug-likeness (QED) is 0.749. The summed E-state index contributed by atoms with van der Waals surface area (Å²) in [7, 11) is 0. The zero-order valence-corrected chi connectivity index (χ0v) is 14.2. The van der Waals surface area contributed by atoms with Gasteiger partial charge in [-0.2, -0.15) is 0 Å². The van der Waals surface area contributed by atoms with Crippen molar-refractivity contribution in [3.63, 3.8) is 0 Å². The van der Waals surface area contributed by atoms with E-state index in [-0.39, 0.29) is 11.5 Å². The van der Waals surface area contributed by atoms with Crippen molar-refractivity contribution in [3.8, 4) is 5.75 Å². The summed E-state index contributed by atoms with van der Waals surface area (Å²) in [6, 6.07) is 16.3. The lowest BCUT2D eigenvalue weighted by Gasteiger charge is -2.16. The highest BCUT2D eigenvalue weighted by atomic mass is 16.5. The molecule has 0 aliphatic carbocycles. The number of hydrogen-bond acceptors (Lipinski definition) is 3. The van der Waals surface area contributed by atoms with E-state index in [9.17, 15) is 9.59 Å². The summed E-state index contributed by atoms with van der Waals surface area (Å²) < 4.78 is 5.78. The number of hydrogen-bond donors (Lipinski definition) is 2.